The minimum absolute atomic E-state index is 0.0184. The smallest absolute Gasteiger partial charge is 0.241 e. The first-order valence-electron chi connectivity index (χ1n) is 7.72. The van der Waals surface area contributed by atoms with Crippen molar-refractivity contribution in [3.63, 3.8) is 0 Å². The summed E-state index contributed by atoms with van der Waals surface area (Å²) in [5.74, 6) is 6.96. The van der Waals surface area contributed by atoms with E-state index in [1.807, 2.05) is 31.2 Å². The van der Waals surface area contributed by atoms with Crippen LogP contribution in [0.1, 0.15) is 11.1 Å². The molecule has 0 bridgehead atoms. The Morgan fingerprint density at radius 3 is 2.44 bits per heavy atom. The number of benzene rings is 2. The number of hydrogen-bond donors (Lipinski definition) is 1. The van der Waals surface area contributed by atoms with E-state index in [0.29, 0.717) is 5.75 Å². The van der Waals surface area contributed by atoms with Gasteiger partial charge in [-0.05, 0) is 49.2 Å². The van der Waals surface area contributed by atoms with Gasteiger partial charge >= 0.3 is 0 Å². The number of para-hydroxylation sites is 1. The van der Waals surface area contributed by atoms with Crippen molar-refractivity contribution in [3.8, 4) is 23.3 Å². The largest absolute Gasteiger partial charge is 0.496 e. The van der Waals surface area contributed by atoms with Crippen LogP contribution in [-0.4, -0.2) is 28.7 Å². The minimum Gasteiger partial charge on any atom is -0.496 e. The van der Waals surface area contributed by atoms with Gasteiger partial charge in [-0.3, -0.25) is 0 Å². The fourth-order valence-electron chi connectivity index (χ4n) is 2.18. The van der Waals surface area contributed by atoms with Crippen LogP contribution in [0.15, 0.2) is 47.4 Å². The molecular formula is C19H21NO4S. The number of sulfonamides is 1. The van der Waals surface area contributed by atoms with Crippen LogP contribution in [-0.2, 0) is 10.0 Å². The zero-order valence-corrected chi connectivity index (χ0v) is 15.3. The number of hydrogen-bond acceptors (Lipinski definition) is 4. The highest BCUT2D eigenvalue weighted by Crippen LogP contribution is 2.21. The molecule has 0 aliphatic carbocycles. The maximum atomic E-state index is 12.2. The van der Waals surface area contributed by atoms with Crippen LogP contribution in [0.3, 0.4) is 0 Å². The highest BCUT2D eigenvalue weighted by molar-refractivity contribution is 7.89. The molecule has 2 aromatic rings. The Kier molecular flexibility index (Phi) is 6.45. The average Bonchev–Trinajstić information content (AvgIpc) is 2.59. The van der Waals surface area contributed by atoms with Gasteiger partial charge in [0, 0.05) is 0 Å². The Bertz CT molecular complexity index is 895. The van der Waals surface area contributed by atoms with E-state index in [1.54, 1.807) is 26.2 Å². The van der Waals surface area contributed by atoms with Crippen molar-refractivity contribution >= 4 is 10.0 Å². The summed E-state index contributed by atoms with van der Waals surface area (Å²) < 4.78 is 37.6. The zero-order valence-electron chi connectivity index (χ0n) is 14.5. The molecule has 0 atom stereocenters. The SMILES string of the molecule is COc1ccc(S(=O)(=O)NCC#CCOc2ccccc2C)cc1C. The third-order valence-electron chi connectivity index (χ3n) is 3.55. The molecule has 0 saturated carbocycles. The zero-order chi connectivity index (χ0) is 18.3. The topological polar surface area (TPSA) is 64.6 Å². The van der Waals surface area contributed by atoms with E-state index in [2.05, 4.69) is 16.6 Å². The van der Waals surface area contributed by atoms with Gasteiger partial charge in [-0.15, -0.1) is 0 Å². The molecule has 132 valence electrons. The summed E-state index contributed by atoms with van der Waals surface area (Å²) >= 11 is 0. The maximum Gasteiger partial charge on any atom is 0.241 e. The van der Waals surface area contributed by atoms with E-state index in [-0.39, 0.29) is 18.0 Å². The summed E-state index contributed by atoms with van der Waals surface area (Å²) in [6, 6.07) is 12.3. The summed E-state index contributed by atoms with van der Waals surface area (Å²) in [5.41, 5.74) is 1.78. The lowest BCUT2D eigenvalue weighted by Crippen LogP contribution is -2.24. The van der Waals surface area contributed by atoms with Crippen molar-refractivity contribution in [2.45, 2.75) is 18.7 Å². The Morgan fingerprint density at radius 2 is 1.76 bits per heavy atom. The first-order chi connectivity index (χ1) is 11.9. The molecule has 0 spiro atoms. The third-order valence-corrected chi connectivity index (χ3v) is 4.94. The van der Waals surface area contributed by atoms with E-state index in [9.17, 15) is 8.42 Å². The standard InChI is InChI=1S/C19H21NO4S/c1-15-8-4-5-9-19(15)24-13-7-6-12-20-25(21,22)17-10-11-18(23-3)16(2)14-17/h4-5,8-11,14,20H,12-13H2,1-3H3. The average molecular weight is 359 g/mol. The number of ether oxygens (including phenoxy) is 2. The number of nitrogens with one attached hydrogen (secondary N) is 1. The van der Waals surface area contributed by atoms with Gasteiger partial charge in [0.15, 0.2) is 0 Å². The maximum absolute atomic E-state index is 12.2. The second-order valence-corrected chi connectivity index (χ2v) is 7.13. The van der Waals surface area contributed by atoms with Gasteiger partial charge in [-0.25, -0.2) is 8.42 Å². The molecule has 6 heteroatoms. The highest BCUT2D eigenvalue weighted by atomic mass is 32.2. The van der Waals surface area contributed by atoms with Gasteiger partial charge in [-0.2, -0.15) is 4.72 Å². The van der Waals surface area contributed by atoms with Gasteiger partial charge in [-0.1, -0.05) is 30.0 Å². The quantitative estimate of drug-likeness (QED) is 0.806. The van der Waals surface area contributed by atoms with Crippen LogP contribution in [0, 0.1) is 25.7 Å². The summed E-state index contributed by atoms with van der Waals surface area (Å²) in [4.78, 5) is 0.184. The molecule has 2 aromatic carbocycles. The van der Waals surface area contributed by atoms with Crippen LogP contribution in [0.4, 0.5) is 0 Å². The minimum atomic E-state index is -3.60. The summed E-state index contributed by atoms with van der Waals surface area (Å²) in [5, 5.41) is 0. The molecular weight excluding hydrogens is 338 g/mol. The van der Waals surface area contributed by atoms with Crippen LogP contribution < -0.4 is 14.2 Å². The third kappa shape index (κ3) is 5.24. The van der Waals surface area contributed by atoms with E-state index >= 15 is 0 Å². The molecule has 5 nitrogen and oxygen atoms in total. The second kappa shape index (κ2) is 8.56. The van der Waals surface area contributed by atoms with Crippen molar-refractivity contribution in [1.29, 1.82) is 0 Å². The molecule has 2 rings (SSSR count). The summed E-state index contributed by atoms with van der Waals surface area (Å²) in [6.07, 6.45) is 0. The van der Waals surface area contributed by atoms with Crippen LogP contribution in [0.5, 0.6) is 11.5 Å². The molecule has 0 aliphatic heterocycles. The van der Waals surface area contributed by atoms with Crippen molar-refractivity contribution < 1.29 is 17.9 Å². The molecule has 25 heavy (non-hydrogen) atoms. The van der Waals surface area contributed by atoms with Crippen LogP contribution in [0.25, 0.3) is 0 Å². The summed E-state index contributed by atoms with van der Waals surface area (Å²) in [7, 11) is -2.06. The molecule has 0 amide bonds. The van der Waals surface area contributed by atoms with Gasteiger partial charge in [0.2, 0.25) is 10.0 Å². The molecule has 0 heterocycles. The number of methoxy groups -OCH3 is 1. The molecule has 0 unspecified atom stereocenters. The number of aryl methyl sites for hydroxylation is 2. The molecule has 0 aliphatic rings. The highest BCUT2D eigenvalue weighted by Gasteiger charge is 2.14. The molecule has 0 fully saturated rings. The van der Waals surface area contributed by atoms with Gasteiger partial charge in [0.05, 0.1) is 18.6 Å². The predicted octanol–water partition coefficient (Wildman–Crippen LogP) is 2.67. The van der Waals surface area contributed by atoms with Gasteiger partial charge < -0.3 is 9.47 Å². The van der Waals surface area contributed by atoms with Gasteiger partial charge in [0.25, 0.3) is 0 Å². The lowest BCUT2D eigenvalue weighted by Gasteiger charge is -2.08. The second-order valence-electron chi connectivity index (χ2n) is 5.36. The first kappa shape index (κ1) is 18.8. The lowest BCUT2D eigenvalue weighted by atomic mass is 10.2. The predicted molar refractivity (Wildman–Crippen MR) is 97.4 cm³/mol. The molecule has 0 aromatic heterocycles. The van der Waals surface area contributed by atoms with E-state index in [1.165, 1.54) is 6.07 Å². The Hall–Kier alpha value is -2.49. The summed E-state index contributed by atoms with van der Waals surface area (Å²) in [6.45, 7) is 3.97. The van der Waals surface area contributed by atoms with E-state index in [0.717, 1.165) is 16.9 Å². The Balaban J connectivity index is 1.89. The molecule has 1 N–H and O–H groups in total. The van der Waals surface area contributed by atoms with Crippen molar-refractivity contribution in [2.75, 3.05) is 20.3 Å². The monoisotopic (exact) mass is 359 g/mol. The fraction of sp³-hybridized carbons (Fsp3) is 0.263. The van der Waals surface area contributed by atoms with Gasteiger partial charge in [0.1, 0.15) is 18.1 Å². The van der Waals surface area contributed by atoms with E-state index in [4.69, 9.17) is 9.47 Å². The molecule has 0 radical (unpaired) electrons. The number of rotatable bonds is 6. The Morgan fingerprint density at radius 1 is 1.00 bits per heavy atom. The Labute approximate surface area is 149 Å². The molecule has 0 saturated heterocycles. The first-order valence-corrected chi connectivity index (χ1v) is 9.21. The van der Waals surface area contributed by atoms with Crippen molar-refractivity contribution in [2.24, 2.45) is 0 Å². The normalized spacial score (nSPS) is 10.7. The van der Waals surface area contributed by atoms with Crippen molar-refractivity contribution in [3.05, 3.63) is 53.6 Å². The van der Waals surface area contributed by atoms with E-state index < -0.39 is 10.0 Å². The van der Waals surface area contributed by atoms with Crippen LogP contribution >= 0.6 is 0 Å². The van der Waals surface area contributed by atoms with Crippen LogP contribution in [0.2, 0.25) is 0 Å². The van der Waals surface area contributed by atoms with Crippen molar-refractivity contribution in [1.82, 2.24) is 4.72 Å². The lowest BCUT2D eigenvalue weighted by molar-refractivity contribution is 0.367. The fourth-order valence-corrected chi connectivity index (χ4v) is 3.19.